The fourth-order valence-electron chi connectivity index (χ4n) is 2.23. The van der Waals surface area contributed by atoms with Crippen LogP contribution in [-0.4, -0.2) is 29.3 Å². The van der Waals surface area contributed by atoms with Crippen molar-refractivity contribution in [1.82, 2.24) is 15.6 Å². The monoisotopic (exact) mass is 311 g/mol. The second-order valence-electron chi connectivity index (χ2n) is 6.61. The first kappa shape index (κ1) is 16.2. The molecule has 0 aliphatic heterocycles. The maximum Gasteiger partial charge on any atom is 0.315 e. The molecule has 0 spiro atoms. The molecule has 1 heterocycles. The van der Waals surface area contributed by atoms with Crippen molar-refractivity contribution in [3.63, 3.8) is 0 Å². The van der Waals surface area contributed by atoms with Crippen LogP contribution in [0.5, 0.6) is 0 Å². The number of aliphatic hydroxyl groups is 1. The predicted octanol–water partition coefficient (Wildman–Crippen LogP) is 2.61. The van der Waals surface area contributed by atoms with Crippen LogP contribution < -0.4 is 10.6 Å². The van der Waals surface area contributed by atoms with Crippen LogP contribution in [0.3, 0.4) is 0 Å². The van der Waals surface area contributed by atoms with Gasteiger partial charge in [0.05, 0.1) is 6.04 Å². The van der Waals surface area contributed by atoms with E-state index in [-0.39, 0.29) is 24.1 Å². The minimum atomic E-state index is -0.147. The Balaban J connectivity index is 1.88. The summed E-state index contributed by atoms with van der Waals surface area (Å²) in [6, 6.07) is -0.115. The summed E-state index contributed by atoms with van der Waals surface area (Å²) in [5.74, 6) is 0.520. The number of aliphatic hydroxyl groups excluding tert-OH is 1. The molecule has 1 aliphatic carbocycles. The maximum atomic E-state index is 12.1. The fourth-order valence-corrected chi connectivity index (χ4v) is 3.17. The summed E-state index contributed by atoms with van der Waals surface area (Å²) in [5, 5.41) is 18.0. The van der Waals surface area contributed by atoms with Gasteiger partial charge in [-0.1, -0.05) is 13.8 Å². The Morgan fingerprint density at radius 3 is 2.81 bits per heavy atom. The van der Waals surface area contributed by atoms with Gasteiger partial charge in [0.1, 0.15) is 5.01 Å². The van der Waals surface area contributed by atoms with Gasteiger partial charge in [-0.15, -0.1) is 11.3 Å². The minimum absolute atomic E-state index is 0.0321. The Labute approximate surface area is 130 Å². The van der Waals surface area contributed by atoms with Gasteiger partial charge in [-0.2, -0.15) is 0 Å². The molecule has 6 heteroatoms. The predicted molar refractivity (Wildman–Crippen MR) is 84.3 cm³/mol. The highest BCUT2D eigenvalue weighted by Crippen LogP contribution is 2.41. The van der Waals surface area contributed by atoms with Crippen molar-refractivity contribution in [3.8, 4) is 0 Å². The van der Waals surface area contributed by atoms with E-state index in [9.17, 15) is 4.79 Å². The van der Waals surface area contributed by atoms with Gasteiger partial charge in [-0.25, -0.2) is 9.78 Å². The van der Waals surface area contributed by atoms with E-state index in [4.69, 9.17) is 5.11 Å². The number of aromatic nitrogens is 1. The van der Waals surface area contributed by atoms with Crippen molar-refractivity contribution in [1.29, 1.82) is 0 Å². The molecule has 21 heavy (non-hydrogen) atoms. The number of rotatable bonds is 7. The molecular weight excluding hydrogens is 286 g/mol. The number of carbonyl (C=O) groups is 1. The molecule has 0 saturated heterocycles. The van der Waals surface area contributed by atoms with E-state index in [1.165, 1.54) is 0 Å². The van der Waals surface area contributed by atoms with Crippen LogP contribution in [0.15, 0.2) is 5.38 Å². The van der Waals surface area contributed by atoms with Crippen molar-refractivity contribution < 1.29 is 9.90 Å². The van der Waals surface area contributed by atoms with Gasteiger partial charge < -0.3 is 15.7 Å². The third kappa shape index (κ3) is 4.97. The summed E-state index contributed by atoms with van der Waals surface area (Å²) in [6.45, 7) is 6.73. The van der Waals surface area contributed by atoms with E-state index in [2.05, 4.69) is 15.6 Å². The Morgan fingerprint density at radius 1 is 1.57 bits per heavy atom. The normalized spacial score (nSPS) is 16.6. The SMILES string of the molecule is Cc1csc(C(NC(=O)NCC(C)(C)CCO)C2CC2)n1. The molecule has 3 N–H and O–H groups in total. The van der Waals surface area contributed by atoms with Crippen LogP contribution in [0.25, 0.3) is 0 Å². The molecule has 1 saturated carbocycles. The first-order valence-electron chi connectivity index (χ1n) is 7.48. The van der Waals surface area contributed by atoms with Gasteiger partial charge in [0, 0.05) is 24.2 Å². The average molecular weight is 311 g/mol. The summed E-state index contributed by atoms with van der Waals surface area (Å²) in [4.78, 5) is 16.6. The van der Waals surface area contributed by atoms with E-state index < -0.39 is 0 Å². The van der Waals surface area contributed by atoms with Crippen LogP contribution in [0, 0.1) is 18.3 Å². The van der Waals surface area contributed by atoms with E-state index in [1.807, 2.05) is 26.2 Å². The number of aryl methyl sites for hydroxylation is 1. The third-order valence-electron chi connectivity index (χ3n) is 3.80. The summed E-state index contributed by atoms with van der Waals surface area (Å²) in [6.07, 6.45) is 2.98. The summed E-state index contributed by atoms with van der Waals surface area (Å²) >= 11 is 1.61. The number of nitrogens with zero attached hydrogens (tertiary/aromatic N) is 1. The highest BCUT2D eigenvalue weighted by Gasteiger charge is 2.35. The molecular formula is C15H25N3O2S. The van der Waals surface area contributed by atoms with Crippen molar-refractivity contribution in [3.05, 3.63) is 16.1 Å². The van der Waals surface area contributed by atoms with Gasteiger partial charge in [0.2, 0.25) is 0 Å². The van der Waals surface area contributed by atoms with Gasteiger partial charge >= 0.3 is 6.03 Å². The highest BCUT2D eigenvalue weighted by molar-refractivity contribution is 7.09. The molecule has 0 aromatic carbocycles. The largest absolute Gasteiger partial charge is 0.396 e. The molecule has 5 nitrogen and oxygen atoms in total. The van der Waals surface area contributed by atoms with Crippen LogP contribution in [-0.2, 0) is 0 Å². The van der Waals surface area contributed by atoms with Gasteiger partial charge in [0.15, 0.2) is 0 Å². The van der Waals surface area contributed by atoms with Crippen molar-refractivity contribution in [2.75, 3.05) is 13.2 Å². The summed E-state index contributed by atoms with van der Waals surface area (Å²) in [5.41, 5.74) is 0.908. The lowest BCUT2D eigenvalue weighted by Crippen LogP contribution is -2.42. The van der Waals surface area contributed by atoms with E-state index in [1.54, 1.807) is 11.3 Å². The van der Waals surface area contributed by atoms with Crippen LogP contribution in [0.1, 0.15) is 49.9 Å². The second-order valence-corrected chi connectivity index (χ2v) is 7.50. The number of thiazole rings is 1. The molecule has 1 aliphatic rings. The van der Waals surface area contributed by atoms with Crippen LogP contribution in [0.2, 0.25) is 0 Å². The van der Waals surface area contributed by atoms with Gasteiger partial charge in [0.25, 0.3) is 0 Å². The first-order valence-corrected chi connectivity index (χ1v) is 8.36. The number of hydrogen-bond acceptors (Lipinski definition) is 4. The summed E-state index contributed by atoms with van der Waals surface area (Å²) < 4.78 is 0. The van der Waals surface area contributed by atoms with Crippen LogP contribution in [0.4, 0.5) is 4.79 Å². The standard InChI is InChI=1S/C15H25N3O2S/c1-10-8-21-13(17-10)12(11-4-5-11)18-14(20)16-9-15(2,3)6-7-19/h8,11-12,19H,4-7,9H2,1-3H3,(H2,16,18,20). The molecule has 2 amide bonds. The zero-order chi connectivity index (χ0) is 15.5. The first-order chi connectivity index (χ1) is 9.91. The molecule has 118 valence electrons. The lowest BCUT2D eigenvalue weighted by atomic mass is 9.90. The Bertz CT molecular complexity index is 483. The lowest BCUT2D eigenvalue weighted by molar-refractivity contribution is 0.199. The maximum absolute atomic E-state index is 12.1. The number of hydrogen-bond donors (Lipinski definition) is 3. The molecule has 0 radical (unpaired) electrons. The molecule has 1 aromatic rings. The molecule has 2 rings (SSSR count). The van der Waals surface area contributed by atoms with E-state index in [0.29, 0.717) is 18.9 Å². The molecule has 1 aromatic heterocycles. The van der Waals surface area contributed by atoms with Gasteiger partial charge in [-0.3, -0.25) is 0 Å². The Morgan fingerprint density at radius 2 is 2.29 bits per heavy atom. The van der Waals surface area contributed by atoms with Crippen molar-refractivity contribution in [2.45, 2.75) is 46.1 Å². The van der Waals surface area contributed by atoms with Gasteiger partial charge in [-0.05, 0) is 37.5 Å². The second kappa shape index (κ2) is 6.75. The molecule has 1 unspecified atom stereocenters. The lowest BCUT2D eigenvalue weighted by Gasteiger charge is -2.25. The number of urea groups is 1. The van der Waals surface area contributed by atoms with Crippen molar-refractivity contribution in [2.24, 2.45) is 11.3 Å². The highest BCUT2D eigenvalue weighted by atomic mass is 32.1. The average Bonchev–Trinajstić information content (AvgIpc) is 3.16. The number of carbonyl (C=O) groups excluding carboxylic acids is 1. The zero-order valence-electron chi connectivity index (χ0n) is 13.0. The zero-order valence-corrected chi connectivity index (χ0v) is 13.8. The van der Waals surface area contributed by atoms with E-state index >= 15 is 0 Å². The number of nitrogens with one attached hydrogen (secondary N) is 2. The Kier molecular flexibility index (Phi) is 5.22. The number of amides is 2. The smallest absolute Gasteiger partial charge is 0.315 e. The quantitative estimate of drug-likeness (QED) is 0.724. The van der Waals surface area contributed by atoms with E-state index in [0.717, 1.165) is 23.5 Å². The third-order valence-corrected chi connectivity index (χ3v) is 4.84. The topological polar surface area (TPSA) is 74.2 Å². The Hall–Kier alpha value is -1.14. The molecule has 1 atom stereocenters. The molecule has 1 fully saturated rings. The molecule has 0 bridgehead atoms. The summed E-state index contributed by atoms with van der Waals surface area (Å²) in [7, 11) is 0. The minimum Gasteiger partial charge on any atom is -0.396 e. The van der Waals surface area contributed by atoms with Crippen molar-refractivity contribution >= 4 is 17.4 Å². The fraction of sp³-hybridized carbons (Fsp3) is 0.733. The van der Waals surface area contributed by atoms with Crippen LogP contribution >= 0.6 is 11.3 Å².